The largest absolute Gasteiger partial charge is 0.368 e. The fraction of sp³-hybridized carbons (Fsp3) is 0.533. The molecule has 0 radical (unpaired) electrons. The SMILES string of the molecule is Nc1nc(Cc2cccs2)nc(C2CCCCCC2)n1. The summed E-state index contributed by atoms with van der Waals surface area (Å²) in [5.74, 6) is 2.54. The Balaban J connectivity index is 1.82. The van der Waals surface area contributed by atoms with Gasteiger partial charge < -0.3 is 5.73 Å². The molecule has 1 aliphatic carbocycles. The van der Waals surface area contributed by atoms with Gasteiger partial charge in [-0.05, 0) is 24.3 Å². The first kappa shape index (κ1) is 13.5. The number of nitrogens with two attached hydrogens (primary N) is 1. The normalized spacial score (nSPS) is 17.0. The molecule has 3 rings (SSSR count). The van der Waals surface area contributed by atoms with Crippen LogP contribution in [-0.2, 0) is 6.42 Å². The van der Waals surface area contributed by atoms with Gasteiger partial charge in [0.1, 0.15) is 11.6 Å². The molecule has 106 valence electrons. The lowest BCUT2D eigenvalue weighted by atomic mass is 9.99. The van der Waals surface area contributed by atoms with Gasteiger partial charge in [0.2, 0.25) is 5.95 Å². The zero-order valence-corrected chi connectivity index (χ0v) is 12.4. The van der Waals surface area contributed by atoms with Crippen LogP contribution in [0.15, 0.2) is 17.5 Å². The number of anilines is 1. The van der Waals surface area contributed by atoms with Crippen LogP contribution < -0.4 is 5.73 Å². The van der Waals surface area contributed by atoms with Crippen molar-refractivity contribution in [3.05, 3.63) is 34.0 Å². The van der Waals surface area contributed by atoms with Crippen LogP contribution in [0, 0.1) is 0 Å². The summed E-state index contributed by atoms with van der Waals surface area (Å²) in [5, 5.41) is 2.08. The Bertz CT molecular complexity index is 545. The molecular formula is C15H20N4S. The predicted molar refractivity (Wildman–Crippen MR) is 81.8 cm³/mol. The highest BCUT2D eigenvalue weighted by molar-refractivity contribution is 7.09. The van der Waals surface area contributed by atoms with Crippen LogP contribution in [0.1, 0.15) is 61.0 Å². The molecule has 1 aliphatic rings. The molecule has 0 unspecified atom stereocenters. The summed E-state index contributed by atoms with van der Waals surface area (Å²) in [7, 11) is 0. The zero-order valence-electron chi connectivity index (χ0n) is 11.6. The fourth-order valence-electron chi connectivity index (χ4n) is 2.83. The van der Waals surface area contributed by atoms with Crippen molar-refractivity contribution in [2.45, 2.75) is 50.9 Å². The number of rotatable bonds is 3. The molecule has 2 heterocycles. The number of hydrogen-bond acceptors (Lipinski definition) is 5. The third kappa shape index (κ3) is 3.33. The van der Waals surface area contributed by atoms with Crippen LogP contribution in [0.5, 0.6) is 0 Å². The van der Waals surface area contributed by atoms with E-state index in [0.29, 0.717) is 11.9 Å². The van der Waals surface area contributed by atoms with Gasteiger partial charge in [0.05, 0.1) is 0 Å². The van der Waals surface area contributed by atoms with Gasteiger partial charge in [-0.3, -0.25) is 0 Å². The van der Waals surface area contributed by atoms with Gasteiger partial charge in [-0.25, -0.2) is 4.98 Å². The quantitative estimate of drug-likeness (QED) is 0.877. The third-order valence-electron chi connectivity index (χ3n) is 3.85. The molecule has 0 spiro atoms. The molecule has 1 saturated carbocycles. The van der Waals surface area contributed by atoms with Crippen molar-refractivity contribution in [3.63, 3.8) is 0 Å². The fourth-order valence-corrected chi connectivity index (χ4v) is 3.53. The minimum absolute atomic E-state index is 0.366. The highest BCUT2D eigenvalue weighted by Crippen LogP contribution is 2.29. The van der Waals surface area contributed by atoms with Crippen LogP contribution in [0.2, 0.25) is 0 Å². The van der Waals surface area contributed by atoms with Crippen molar-refractivity contribution in [3.8, 4) is 0 Å². The van der Waals surface area contributed by atoms with Crippen LogP contribution >= 0.6 is 11.3 Å². The highest BCUT2D eigenvalue weighted by Gasteiger charge is 2.18. The smallest absolute Gasteiger partial charge is 0.223 e. The number of aromatic nitrogens is 3. The van der Waals surface area contributed by atoms with Crippen LogP contribution in [-0.4, -0.2) is 15.0 Å². The molecule has 2 N–H and O–H groups in total. The van der Waals surface area contributed by atoms with E-state index in [1.54, 1.807) is 11.3 Å². The summed E-state index contributed by atoms with van der Waals surface area (Å²) in [6, 6.07) is 4.16. The van der Waals surface area contributed by atoms with Crippen molar-refractivity contribution in [2.75, 3.05) is 5.73 Å². The number of nitrogen functional groups attached to an aromatic ring is 1. The lowest BCUT2D eigenvalue weighted by Crippen LogP contribution is -2.11. The number of thiophene rings is 1. The average molecular weight is 288 g/mol. The van der Waals surface area contributed by atoms with Crippen LogP contribution in [0.25, 0.3) is 0 Å². The Kier molecular flexibility index (Phi) is 4.25. The Morgan fingerprint density at radius 1 is 1.10 bits per heavy atom. The summed E-state index contributed by atoms with van der Waals surface area (Å²) >= 11 is 1.73. The second-order valence-corrected chi connectivity index (χ2v) is 6.44. The van der Waals surface area contributed by atoms with Gasteiger partial charge in [-0.2, -0.15) is 9.97 Å². The zero-order chi connectivity index (χ0) is 13.8. The summed E-state index contributed by atoms with van der Waals surface area (Å²) in [6.07, 6.45) is 8.33. The van der Waals surface area contributed by atoms with Gasteiger partial charge in [0.15, 0.2) is 0 Å². The average Bonchev–Trinajstić information content (AvgIpc) is 2.78. The second-order valence-electron chi connectivity index (χ2n) is 5.41. The molecule has 1 fully saturated rings. The van der Waals surface area contributed by atoms with E-state index in [-0.39, 0.29) is 0 Å². The van der Waals surface area contributed by atoms with E-state index in [1.807, 2.05) is 0 Å². The molecule has 0 bridgehead atoms. The lowest BCUT2D eigenvalue weighted by Gasteiger charge is -2.13. The first-order valence-corrected chi connectivity index (χ1v) is 8.22. The van der Waals surface area contributed by atoms with E-state index in [4.69, 9.17) is 5.73 Å². The Hall–Kier alpha value is -1.49. The minimum Gasteiger partial charge on any atom is -0.368 e. The third-order valence-corrected chi connectivity index (χ3v) is 4.73. The Morgan fingerprint density at radius 3 is 2.60 bits per heavy atom. The maximum absolute atomic E-state index is 5.88. The molecule has 0 amide bonds. The molecule has 0 aromatic carbocycles. The van der Waals surface area contributed by atoms with E-state index in [1.165, 1.54) is 43.4 Å². The lowest BCUT2D eigenvalue weighted by molar-refractivity contribution is 0.555. The predicted octanol–water partition coefficient (Wildman–Crippen LogP) is 3.54. The standard InChI is InChI=1S/C15H20N4S/c16-15-18-13(10-12-8-5-9-20-12)17-14(19-15)11-6-3-1-2-4-7-11/h5,8-9,11H,1-4,6-7,10H2,(H2,16,17,18,19). The van der Waals surface area contributed by atoms with Gasteiger partial charge in [-0.1, -0.05) is 31.7 Å². The molecule has 5 heteroatoms. The van der Waals surface area contributed by atoms with Crippen LogP contribution in [0.3, 0.4) is 0 Å². The maximum Gasteiger partial charge on any atom is 0.223 e. The van der Waals surface area contributed by atoms with Gasteiger partial charge >= 0.3 is 0 Å². The van der Waals surface area contributed by atoms with Crippen molar-refractivity contribution in [1.82, 2.24) is 15.0 Å². The summed E-state index contributed by atoms with van der Waals surface area (Å²) in [5.41, 5.74) is 5.88. The van der Waals surface area contributed by atoms with E-state index in [9.17, 15) is 0 Å². The van der Waals surface area contributed by atoms with Crippen LogP contribution in [0.4, 0.5) is 5.95 Å². The number of nitrogens with zero attached hydrogens (tertiary/aromatic N) is 3. The van der Waals surface area contributed by atoms with Crippen molar-refractivity contribution in [1.29, 1.82) is 0 Å². The van der Waals surface area contributed by atoms with E-state index in [0.717, 1.165) is 18.1 Å². The van der Waals surface area contributed by atoms with E-state index >= 15 is 0 Å². The van der Waals surface area contributed by atoms with E-state index < -0.39 is 0 Å². The molecular weight excluding hydrogens is 268 g/mol. The molecule has 4 nitrogen and oxygen atoms in total. The molecule has 2 aromatic heterocycles. The maximum atomic E-state index is 5.88. The van der Waals surface area contributed by atoms with Gasteiger partial charge in [0.25, 0.3) is 0 Å². The van der Waals surface area contributed by atoms with Crippen molar-refractivity contribution < 1.29 is 0 Å². The topological polar surface area (TPSA) is 64.7 Å². The summed E-state index contributed by atoms with van der Waals surface area (Å²) in [6.45, 7) is 0. The first-order valence-electron chi connectivity index (χ1n) is 7.34. The molecule has 20 heavy (non-hydrogen) atoms. The van der Waals surface area contributed by atoms with Gasteiger partial charge in [0, 0.05) is 17.2 Å². The minimum atomic E-state index is 0.366. The van der Waals surface area contributed by atoms with Crippen molar-refractivity contribution >= 4 is 17.3 Å². The van der Waals surface area contributed by atoms with Gasteiger partial charge in [-0.15, -0.1) is 11.3 Å². The molecule has 0 atom stereocenters. The Labute approximate surface area is 123 Å². The number of hydrogen-bond donors (Lipinski definition) is 1. The highest BCUT2D eigenvalue weighted by atomic mass is 32.1. The van der Waals surface area contributed by atoms with E-state index in [2.05, 4.69) is 32.5 Å². The molecule has 2 aromatic rings. The molecule has 0 aliphatic heterocycles. The Morgan fingerprint density at radius 2 is 1.90 bits per heavy atom. The summed E-state index contributed by atoms with van der Waals surface area (Å²) < 4.78 is 0. The second kappa shape index (κ2) is 6.31. The monoisotopic (exact) mass is 288 g/mol. The molecule has 0 saturated heterocycles. The van der Waals surface area contributed by atoms with Crippen molar-refractivity contribution in [2.24, 2.45) is 0 Å². The summed E-state index contributed by atoms with van der Waals surface area (Å²) in [4.78, 5) is 14.6. The first-order chi connectivity index (χ1) is 9.81.